The molecule has 2 heterocycles. The molecule has 2 atom stereocenters. The van der Waals surface area contributed by atoms with Crippen molar-refractivity contribution >= 4 is 29.9 Å². The molecule has 1 aromatic heterocycles. The third-order valence-electron chi connectivity index (χ3n) is 6.74. The average Bonchev–Trinajstić information content (AvgIpc) is 3.54. The van der Waals surface area contributed by atoms with E-state index in [1.165, 1.54) is 4.90 Å². The predicted octanol–water partition coefficient (Wildman–Crippen LogP) is 1.72. The number of aryl methyl sites for hydroxylation is 1. The number of hydroxylamine groups is 2. The summed E-state index contributed by atoms with van der Waals surface area (Å²) in [6.45, 7) is 2.15. The second-order valence-electron chi connectivity index (χ2n) is 9.49. The summed E-state index contributed by atoms with van der Waals surface area (Å²) in [7, 11) is 3.32. The van der Waals surface area contributed by atoms with Crippen LogP contribution in [-0.2, 0) is 20.8 Å². The Labute approximate surface area is 205 Å². The Hall–Kier alpha value is -3.02. The van der Waals surface area contributed by atoms with E-state index in [2.05, 4.69) is 20.8 Å². The molecule has 194 valence electrons. The van der Waals surface area contributed by atoms with Gasteiger partial charge in [0.15, 0.2) is 11.6 Å². The van der Waals surface area contributed by atoms with Crippen LogP contribution in [0.4, 0.5) is 16.0 Å². The predicted molar refractivity (Wildman–Crippen MR) is 127 cm³/mol. The van der Waals surface area contributed by atoms with Gasteiger partial charge < -0.3 is 9.80 Å². The monoisotopic (exact) mass is 493 g/mol. The average molecular weight is 494 g/mol. The number of hydrazine groups is 1. The van der Waals surface area contributed by atoms with E-state index in [-0.39, 0.29) is 30.5 Å². The molecule has 1 aliphatic heterocycles. The lowest BCUT2D eigenvalue weighted by Gasteiger charge is -2.28. The van der Waals surface area contributed by atoms with Gasteiger partial charge in [0.1, 0.15) is 11.9 Å². The molecule has 1 aliphatic carbocycles. The maximum atomic E-state index is 15.5. The lowest BCUT2D eigenvalue weighted by Crippen LogP contribution is -2.44. The van der Waals surface area contributed by atoms with Crippen molar-refractivity contribution in [2.45, 2.75) is 64.3 Å². The fraction of sp³-hybridized carbons (Fsp3) is 0.696. The van der Waals surface area contributed by atoms with Crippen LogP contribution in [0.5, 0.6) is 0 Å². The van der Waals surface area contributed by atoms with Gasteiger partial charge in [-0.05, 0) is 25.2 Å². The van der Waals surface area contributed by atoms with Crippen molar-refractivity contribution < 1.29 is 24.0 Å². The highest BCUT2D eigenvalue weighted by Crippen LogP contribution is 2.32. The van der Waals surface area contributed by atoms with E-state index in [0.29, 0.717) is 42.6 Å². The molecule has 11 nitrogen and oxygen atoms in total. The number of halogens is 1. The van der Waals surface area contributed by atoms with Crippen molar-refractivity contribution in [2.24, 2.45) is 11.8 Å². The number of amides is 3. The number of aromatic nitrogens is 2. The number of carbonyl (C=O) groups excluding carboxylic acids is 3. The summed E-state index contributed by atoms with van der Waals surface area (Å²) in [6, 6.07) is -0.517. The minimum absolute atomic E-state index is 0.0243. The highest BCUT2D eigenvalue weighted by Gasteiger charge is 2.35. The topological polar surface area (TPSA) is 131 Å². The van der Waals surface area contributed by atoms with Gasteiger partial charge in [0, 0.05) is 27.1 Å². The smallest absolute Gasteiger partial charge is 0.244 e. The molecule has 3 N–H and O–H groups in total. The molecular weight excluding hydrogens is 457 g/mol. The standard InChI is InChI=1S/C23H36FN7O4/c1-4-18-25-20(19(24)21(26-18)31-11-7-10-17(31)23(34)29(2)3)27-28-22(33)16(13-30(35)14-32)12-15-8-5-6-9-15/h14-17,35H,4-13H2,1-3H3,(H,28,33)(H,25,26,27)/t16-,17+/m1/s1. The van der Waals surface area contributed by atoms with Crippen molar-refractivity contribution in [3.05, 3.63) is 11.6 Å². The fourth-order valence-corrected chi connectivity index (χ4v) is 4.89. The summed E-state index contributed by atoms with van der Waals surface area (Å²) in [5, 5.41) is 10.1. The molecule has 1 saturated carbocycles. The largest absolute Gasteiger partial charge is 0.347 e. The SMILES string of the molecule is CCc1nc(NNC(=O)[C@H](CC2CCCC2)CN(O)C=O)c(F)c(N2CCC[C@H]2C(=O)N(C)C)n1. The third-order valence-corrected chi connectivity index (χ3v) is 6.74. The van der Waals surface area contributed by atoms with Crippen LogP contribution in [0.3, 0.4) is 0 Å². The molecule has 3 rings (SSSR count). The van der Waals surface area contributed by atoms with Crippen LogP contribution in [-0.4, -0.2) is 76.6 Å². The molecule has 0 unspecified atom stereocenters. The summed E-state index contributed by atoms with van der Waals surface area (Å²) in [5.74, 6) is -1.50. The van der Waals surface area contributed by atoms with Crippen molar-refractivity contribution in [1.82, 2.24) is 25.4 Å². The zero-order valence-corrected chi connectivity index (χ0v) is 20.7. The van der Waals surface area contributed by atoms with Crippen LogP contribution >= 0.6 is 0 Å². The van der Waals surface area contributed by atoms with E-state index in [0.717, 1.165) is 32.1 Å². The van der Waals surface area contributed by atoms with Crippen LogP contribution < -0.4 is 15.8 Å². The molecule has 0 spiro atoms. The summed E-state index contributed by atoms with van der Waals surface area (Å²) in [5.41, 5.74) is 5.08. The Morgan fingerprint density at radius 3 is 2.57 bits per heavy atom. The van der Waals surface area contributed by atoms with Crippen LogP contribution in [0.15, 0.2) is 0 Å². The summed E-state index contributed by atoms with van der Waals surface area (Å²) >= 11 is 0. The lowest BCUT2D eigenvalue weighted by atomic mass is 9.92. The van der Waals surface area contributed by atoms with E-state index in [1.54, 1.807) is 19.0 Å². The second kappa shape index (κ2) is 12.1. The molecule has 1 aromatic rings. The maximum Gasteiger partial charge on any atom is 0.244 e. The minimum atomic E-state index is -0.759. The molecule has 35 heavy (non-hydrogen) atoms. The molecule has 12 heteroatoms. The molecule has 0 radical (unpaired) electrons. The van der Waals surface area contributed by atoms with Crippen molar-refractivity contribution in [3.8, 4) is 0 Å². The van der Waals surface area contributed by atoms with Crippen LogP contribution in [0.1, 0.15) is 57.7 Å². The van der Waals surface area contributed by atoms with E-state index in [4.69, 9.17) is 0 Å². The normalized spacial score (nSPS) is 18.9. The second-order valence-corrected chi connectivity index (χ2v) is 9.49. The first kappa shape index (κ1) is 26.6. The summed E-state index contributed by atoms with van der Waals surface area (Å²) < 4.78 is 15.5. The van der Waals surface area contributed by atoms with E-state index < -0.39 is 23.7 Å². The zero-order valence-electron chi connectivity index (χ0n) is 20.7. The first-order valence-corrected chi connectivity index (χ1v) is 12.3. The van der Waals surface area contributed by atoms with Crippen molar-refractivity contribution in [2.75, 3.05) is 37.5 Å². The number of hydrogen-bond donors (Lipinski definition) is 3. The highest BCUT2D eigenvalue weighted by molar-refractivity contribution is 5.85. The van der Waals surface area contributed by atoms with Crippen LogP contribution in [0.2, 0.25) is 0 Å². The molecule has 2 fully saturated rings. The van der Waals surface area contributed by atoms with Gasteiger partial charge in [-0.15, -0.1) is 0 Å². The molecule has 3 amide bonds. The minimum Gasteiger partial charge on any atom is -0.347 e. The number of carbonyl (C=O) groups is 3. The lowest BCUT2D eigenvalue weighted by molar-refractivity contribution is -0.154. The Morgan fingerprint density at radius 1 is 1.23 bits per heavy atom. The van der Waals surface area contributed by atoms with E-state index in [9.17, 15) is 19.6 Å². The Kier molecular flexibility index (Phi) is 9.19. The van der Waals surface area contributed by atoms with Gasteiger partial charge in [0.05, 0.1) is 12.5 Å². The summed E-state index contributed by atoms with van der Waals surface area (Å²) in [4.78, 5) is 48.1. The van der Waals surface area contributed by atoms with Gasteiger partial charge in [-0.2, -0.15) is 4.39 Å². The third kappa shape index (κ3) is 6.56. The number of rotatable bonds is 11. The maximum absolute atomic E-state index is 15.5. The molecular formula is C23H36FN7O4. The van der Waals surface area contributed by atoms with Crippen molar-refractivity contribution in [1.29, 1.82) is 0 Å². The first-order chi connectivity index (χ1) is 16.7. The first-order valence-electron chi connectivity index (χ1n) is 12.3. The molecule has 0 aromatic carbocycles. The van der Waals surface area contributed by atoms with Gasteiger partial charge in [0.25, 0.3) is 0 Å². The van der Waals surface area contributed by atoms with Crippen LogP contribution in [0.25, 0.3) is 0 Å². The van der Waals surface area contributed by atoms with Gasteiger partial charge in [-0.25, -0.2) is 15.0 Å². The molecule has 2 aliphatic rings. The number of anilines is 2. The Morgan fingerprint density at radius 2 is 1.94 bits per heavy atom. The van der Waals surface area contributed by atoms with Gasteiger partial charge in [-0.1, -0.05) is 32.6 Å². The fourth-order valence-electron chi connectivity index (χ4n) is 4.89. The highest BCUT2D eigenvalue weighted by atomic mass is 19.1. The van der Waals surface area contributed by atoms with Gasteiger partial charge >= 0.3 is 0 Å². The van der Waals surface area contributed by atoms with Gasteiger partial charge in [0.2, 0.25) is 24.0 Å². The number of likely N-dealkylation sites (N-methyl/N-ethyl adjacent to an activating group) is 1. The van der Waals surface area contributed by atoms with Crippen molar-refractivity contribution in [3.63, 3.8) is 0 Å². The van der Waals surface area contributed by atoms with Crippen LogP contribution in [0, 0.1) is 17.7 Å². The van der Waals surface area contributed by atoms with E-state index >= 15 is 4.39 Å². The zero-order chi connectivity index (χ0) is 25.5. The number of nitrogens with zero attached hydrogens (tertiary/aromatic N) is 5. The quantitative estimate of drug-likeness (QED) is 0.241. The Balaban J connectivity index is 1.78. The van der Waals surface area contributed by atoms with Gasteiger partial charge in [-0.3, -0.25) is 30.4 Å². The molecule has 1 saturated heterocycles. The molecule has 0 bridgehead atoms. The van der Waals surface area contributed by atoms with E-state index in [1.807, 2.05) is 6.92 Å². The Bertz CT molecular complexity index is 910. The number of hydrogen-bond acceptors (Lipinski definition) is 8. The summed E-state index contributed by atoms with van der Waals surface area (Å²) in [6.07, 6.45) is 6.70. The number of nitrogens with one attached hydrogen (secondary N) is 2.